The maximum Gasteiger partial charge on any atom is 0.0553 e. The van der Waals surface area contributed by atoms with Gasteiger partial charge in [0.2, 0.25) is 0 Å². The number of nitrogens with two attached hydrogens (primary N) is 2. The Morgan fingerprint density at radius 3 is 2.64 bits per heavy atom. The van der Waals surface area contributed by atoms with Crippen LogP contribution in [-0.2, 0) is 6.42 Å². The quantitative estimate of drug-likeness (QED) is 0.544. The van der Waals surface area contributed by atoms with Crippen molar-refractivity contribution in [2.24, 2.45) is 0 Å². The van der Waals surface area contributed by atoms with Gasteiger partial charge in [0.25, 0.3) is 0 Å². The maximum absolute atomic E-state index is 5.64. The van der Waals surface area contributed by atoms with Gasteiger partial charge in [-0.15, -0.1) is 0 Å². The second-order valence-corrected chi connectivity index (χ2v) is 2.79. The van der Waals surface area contributed by atoms with Gasteiger partial charge in [0.05, 0.1) is 11.4 Å². The van der Waals surface area contributed by atoms with Gasteiger partial charge in [-0.25, -0.2) is 0 Å². The minimum atomic E-state index is 0.676. The fourth-order valence-corrected chi connectivity index (χ4v) is 1.34. The third-order valence-electron chi connectivity index (χ3n) is 1.98. The summed E-state index contributed by atoms with van der Waals surface area (Å²) < 4.78 is 0. The molecule has 2 nitrogen and oxygen atoms in total. The van der Waals surface area contributed by atoms with E-state index in [1.165, 1.54) is 11.1 Å². The zero-order chi connectivity index (χ0) is 7.84. The molecule has 1 aromatic carbocycles. The van der Waals surface area contributed by atoms with Crippen LogP contribution in [0, 0.1) is 0 Å². The van der Waals surface area contributed by atoms with Crippen molar-refractivity contribution >= 4 is 17.5 Å². The van der Waals surface area contributed by atoms with Gasteiger partial charge in [0, 0.05) is 0 Å². The van der Waals surface area contributed by atoms with Crippen LogP contribution in [0.1, 0.15) is 11.1 Å². The molecule has 11 heavy (non-hydrogen) atoms. The van der Waals surface area contributed by atoms with E-state index < -0.39 is 0 Å². The summed E-state index contributed by atoms with van der Waals surface area (Å²) in [6, 6.07) is 3.87. The number of nitrogen functional groups attached to an aromatic ring is 2. The van der Waals surface area contributed by atoms with Crippen LogP contribution in [0.25, 0.3) is 6.08 Å². The molecule has 0 atom stereocenters. The highest BCUT2D eigenvalue weighted by atomic mass is 14.7. The minimum Gasteiger partial charge on any atom is -0.397 e. The van der Waals surface area contributed by atoms with Gasteiger partial charge in [-0.1, -0.05) is 12.2 Å². The second kappa shape index (κ2) is 2.02. The Balaban J connectivity index is 2.63. The molecule has 56 valence electrons. The van der Waals surface area contributed by atoms with E-state index >= 15 is 0 Å². The molecule has 1 aliphatic rings. The summed E-state index contributed by atoms with van der Waals surface area (Å²) in [7, 11) is 0. The molecule has 1 aromatic rings. The number of anilines is 2. The third kappa shape index (κ3) is 0.871. The van der Waals surface area contributed by atoms with Crippen molar-refractivity contribution in [3.05, 3.63) is 29.3 Å². The van der Waals surface area contributed by atoms with Crippen molar-refractivity contribution in [2.45, 2.75) is 6.42 Å². The van der Waals surface area contributed by atoms with E-state index in [9.17, 15) is 0 Å². The fourth-order valence-electron chi connectivity index (χ4n) is 1.34. The van der Waals surface area contributed by atoms with E-state index in [2.05, 4.69) is 12.2 Å². The van der Waals surface area contributed by atoms with Gasteiger partial charge in [0.15, 0.2) is 0 Å². The van der Waals surface area contributed by atoms with Crippen LogP contribution >= 0.6 is 0 Å². The first-order valence-electron chi connectivity index (χ1n) is 3.62. The lowest BCUT2D eigenvalue weighted by molar-refractivity contribution is 1.31. The third-order valence-corrected chi connectivity index (χ3v) is 1.98. The Hall–Kier alpha value is -1.44. The molecule has 0 spiro atoms. The molecule has 4 N–H and O–H groups in total. The molecule has 0 amide bonds. The van der Waals surface area contributed by atoms with Crippen LogP contribution in [0.3, 0.4) is 0 Å². The summed E-state index contributed by atoms with van der Waals surface area (Å²) in [5.41, 5.74) is 15.1. The van der Waals surface area contributed by atoms with Crippen molar-refractivity contribution in [3.63, 3.8) is 0 Å². The Morgan fingerprint density at radius 2 is 1.82 bits per heavy atom. The lowest BCUT2D eigenvalue weighted by Crippen LogP contribution is -1.96. The van der Waals surface area contributed by atoms with Crippen LogP contribution in [0.2, 0.25) is 0 Å². The number of hydrogen-bond donors (Lipinski definition) is 2. The second-order valence-electron chi connectivity index (χ2n) is 2.79. The lowest BCUT2D eigenvalue weighted by atomic mass is 10.1. The summed E-state index contributed by atoms with van der Waals surface area (Å²) in [6.07, 6.45) is 5.18. The molecule has 0 radical (unpaired) electrons. The highest BCUT2D eigenvalue weighted by molar-refractivity contribution is 5.73. The molecule has 0 aromatic heterocycles. The van der Waals surface area contributed by atoms with E-state index in [0.29, 0.717) is 11.4 Å². The standard InChI is InChI=1S/C9H10N2/c10-8-4-6-2-1-3-7(6)5-9(8)11/h1-2,4-5H,3,10-11H2. The molecule has 0 heterocycles. The topological polar surface area (TPSA) is 52.0 Å². The Kier molecular flexibility index (Phi) is 1.15. The van der Waals surface area contributed by atoms with Gasteiger partial charge in [0.1, 0.15) is 0 Å². The molecule has 0 fully saturated rings. The van der Waals surface area contributed by atoms with Gasteiger partial charge in [-0.3, -0.25) is 0 Å². The largest absolute Gasteiger partial charge is 0.397 e. The first-order chi connectivity index (χ1) is 5.27. The van der Waals surface area contributed by atoms with Gasteiger partial charge < -0.3 is 11.5 Å². The van der Waals surface area contributed by atoms with Crippen molar-refractivity contribution in [1.82, 2.24) is 0 Å². The number of allylic oxidation sites excluding steroid dienone is 1. The zero-order valence-corrected chi connectivity index (χ0v) is 6.17. The van der Waals surface area contributed by atoms with Crippen LogP contribution < -0.4 is 11.5 Å². The SMILES string of the molecule is Nc1cc2c(cc1N)CC=C2. The Morgan fingerprint density at radius 1 is 1.09 bits per heavy atom. The smallest absolute Gasteiger partial charge is 0.0553 e. The molecule has 0 bridgehead atoms. The molecule has 0 aliphatic heterocycles. The number of fused-ring (bicyclic) bond motifs is 1. The van der Waals surface area contributed by atoms with E-state index in [1.807, 2.05) is 12.1 Å². The normalized spacial score (nSPS) is 13.5. The molecule has 0 unspecified atom stereocenters. The van der Waals surface area contributed by atoms with E-state index in [1.54, 1.807) is 0 Å². The summed E-state index contributed by atoms with van der Waals surface area (Å²) in [5, 5.41) is 0. The lowest BCUT2D eigenvalue weighted by Gasteiger charge is -2.03. The average Bonchev–Trinajstić information content (AvgIpc) is 2.36. The number of rotatable bonds is 0. The first-order valence-corrected chi connectivity index (χ1v) is 3.62. The highest BCUT2D eigenvalue weighted by Gasteiger charge is 2.06. The van der Waals surface area contributed by atoms with Crippen molar-refractivity contribution in [3.8, 4) is 0 Å². The van der Waals surface area contributed by atoms with Crippen LogP contribution in [0.15, 0.2) is 18.2 Å². The monoisotopic (exact) mass is 146 g/mol. The molecule has 0 saturated heterocycles. The predicted octanol–water partition coefficient (Wildman–Crippen LogP) is 1.42. The van der Waals surface area contributed by atoms with Gasteiger partial charge in [-0.2, -0.15) is 0 Å². The van der Waals surface area contributed by atoms with Crippen LogP contribution in [0.4, 0.5) is 11.4 Å². The van der Waals surface area contributed by atoms with E-state index in [-0.39, 0.29) is 0 Å². The summed E-state index contributed by atoms with van der Waals surface area (Å²) in [4.78, 5) is 0. The predicted molar refractivity (Wildman–Crippen MR) is 48.0 cm³/mol. The molecule has 2 heteroatoms. The van der Waals surface area contributed by atoms with Crippen molar-refractivity contribution in [1.29, 1.82) is 0 Å². The molecule has 2 rings (SSSR count). The number of benzene rings is 1. The van der Waals surface area contributed by atoms with Crippen molar-refractivity contribution in [2.75, 3.05) is 11.5 Å². The molecule has 1 aliphatic carbocycles. The van der Waals surface area contributed by atoms with Crippen molar-refractivity contribution < 1.29 is 0 Å². The fraction of sp³-hybridized carbons (Fsp3) is 0.111. The Labute approximate surface area is 65.5 Å². The molecular formula is C9H10N2. The summed E-state index contributed by atoms with van der Waals surface area (Å²) in [5.74, 6) is 0. The zero-order valence-electron chi connectivity index (χ0n) is 6.17. The van der Waals surface area contributed by atoms with Crippen LogP contribution in [0.5, 0.6) is 0 Å². The summed E-state index contributed by atoms with van der Waals surface area (Å²) in [6.45, 7) is 0. The maximum atomic E-state index is 5.64. The molecular weight excluding hydrogens is 136 g/mol. The molecule has 0 saturated carbocycles. The van der Waals surface area contributed by atoms with Crippen LogP contribution in [-0.4, -0.2) is 0 Å². The van der Waals surface area contributed by atoms with E-state index in [4.69, 9.17) is 11.5 Å². The van der Waals surface area contributed by atoms with Gasteiger partial charge in [-0.05, 0) is 29.7 Å². The highest BCUT2D eigenvalue weighted by Crippen LogP contribution is 2.26. The average molecular weight is 146 g/mol. The van der Waals surface area contributed by atoms with Gasteiger partial charge >= 0.3 is 0 Å². The minimum absolute atomic E-state index is 0.676. The Bertz CT molecular complexity index is 327. The summed E-state index contributed by atoms with van der Waals surface area (Å²) >= 11 is 0. The van der Waals surface area contributed by atoms with E-state index in [0.717, 1.165) is 6.42 Å². The first kappa shape index (κ1) is 6.28. The number of hydrogen-bond acceptors (Lipinski definition) is 2.